The van der Waals surface area contributed by atoms with Crippen LogP contribution in [0.5, 0.6) is 0 Å². The van der Waals surface area contributed by atoms with Gasteiger partial charge in [0.1, 0.15) is 0 Å². The van der Waals surface area contributed by atoms with E-state index in [1.807, 2.05) is 0 Å². The zero-order chi connectivity index (χ0) is 18.8. The van der Waals surface area contributed by atoms with Crippen LogP contribution in [0.1, 0.15) is 43.7 Å². The summed E-state index contributed by atoms with van der Waals surface area (Å²) in [5.74, 6) is 1.36. The van der Waals surface area contributed by atoms with Crippen molar-refractivity contribution in [3.05, 3.63) is 35.4 Å². The Morgan fingerprint density at radius 3 is 2.77 bits per heavy atom. The second kappa shape index (κ2) is 11.2. The van der Waals surface area contributed by atoms with E-state index in [-0.39, 0.29) is 0 Å². The maximum absolute atomic E-state index is 5.18. The lowest BCUT2D eigenvalue weighted by molar-refractivity contribution is 0.128. The minimum atomic E-state index is 0.418. The third-order valence-electron chi connectivity index (χ3n) is 5.02. The number of nitrogens with one attached hydrogen (secondary N) is 2. The summed E-state index contributed by atoms with van der Waals surface area (Å²) in [6.45, 7) is 12.3. The molecule has 1 aliphatic rings. The number of aliphatic imine (C=N–C) groups is 1. The molecule has 0 saturated carbocycles. The smallest absolute Gasteiger partial charge is 0.191 e. The number of ether oxygens (including phenoxy) is 1. The minimum Gasteiger partial charge on any atom is -0.383 e. The standard InChI is InChI=1S/C21H36N4O/c1-5-22-21(23-16-18(3)19-8-6-7-17(2)15-19)24-20-9-11-25(12-10-20)13-14-26-4/h6-8,15,18,20H,5,9-14,16H2,1-4H3,(H2,22,23,24). The van der Waals surface area contributed by atoms with E-state index in [0.717, 1.165) is 58.1 Å². The van der Waals surface area contributed by atoms with E-state index < -0.39 is 0 Å². The number of piperidine rings is 1. The molecule has 146 valence electrons. The molecule has 0 spiro atoms. The number of hydrogen-bond acceptors (Lipinski definition) is 3. The molecule has 0 aromatic heterocycles. The van der Waals surface area contributed by atoms with Crippen LogP contribution in [0.2, 0.25) is 0 Å². The minimum absolute atomic E-state index is 0.418. The second-order valence-electron chi connectivity index (χ2n) is 7.29. The van der Waals surface area contributed by atoms with Gasteiger partial charge in [0.15, 0.2) is 5.96 Å². The lowest BCUT2D eigenvalue weighted by atomic mass is 10.00. The fourth-order valence-corrected chi connectivity index (χ4v) is 3.34. The first-order chi connectivity index (χ1) is 12.6. The Bertz CT molecular complexity index is 553. The molecule has 1 heterocycles. The fraction of sp³-hybridized carbons (Fsp3) is 0.667. The molecule has 5 heteroatoms. The number of benzene rings is 1. The van der Waals surface area contributed by atoms with Crippen molar-refractivity contribution in [3.63, 3.8) is 0 Å². The van der Waals surface area contributed by atoms with E-state index >= 15 is 0 Å². The van der Waals surface area contributed by atoms with Gasteiger partial charge in [-0.1, -0.05) is 36.8 Å². The van der Waals surface area contributed by atoms with Gasteiger partial charge in [-0.25, -0.2) is 0 Å². The van der Waals surface area contributed by atoms with Crippen LogP contribution >= 0.6 is 0 Å². The summed E-state index contributed by atoms with van der Waals surface area (Å²) in [7, 11) is 1.77. The fourth-order valence-electron chi connectivity index (χ4n) is 3.34. The first kappa shape index (κ1) is 20.7. The molecular weight excluding hydrogens is 324 g/mol. The third-order valence-corrected chi connectivity index (χ3v) is 5.02. The molecular formula is C21H36N4O. The Morgan fingerprint density at radius 1 is 1.35 bits per heavy atom. The third kappa shape index (κ3) is 6.96. The Morgan fingerprint density at radius 2 is 2.12 bits per heavy atom. The van der Waals surface area contributed by atoms with E-state index in [9.17, 15) is 0 Å². The normalized spacial score (nSPS) is 17.9. The molecule has 1 atom stereocenters. The van der Waals surface area contributed by atoms with Crippen LogP contribution in [0.25, 0.3) is 0 Å². The number of rotatable bonds is 8. The van der Waals surface area contributed by atoms with Crippen LogP contribution in [-0.4, -0.2) is 63.3 Å². The molecule has 1 aromatic rings. The van der Waals surface area contributed by atoms with Gasteiger partial charge < -0.3 is 20.3 Å². The lowest BCUT2D eigenvalue weighted by Crippen LogP contribution is -2.49. The van der Waals surface area contributed by atoms with Crippen molar-refractivity contribution < 1.29 is 4.74 Å². The molecule has 1 saturated heterocycles. The van der Waals surface area contributed by atoms with Crippen LogP contribution in [0.4, 0.5) is 0 Å². The van der Waals surface area contributed by atoms with Gasteiger partial charge in [0, 0.05) is 51.8 Å². The van der Waals surface area contributed by atoms with E-state index in [2.05, 4.69) is 60.6 Å². The average molecular weight is 361 g/mol. The van der Waals surface area contributed by atoms with E-state index in [0.29, 0.717) is 12.0 Å². The van der Waals surface area contributed by atoms with Gasteiger partial charge in [-0.2, -0.15) is 0 Å². The summed E-state index contributed by atoms with van der Waals surface area (Å²) in [6, 6.07) is 9.23. The van der Waals surface area contributed by atoms with Crippen LogP contribution in [0.15, 0.2) is 29.3 Å². The molecule has 2 N–H and O–H groups in total. The zero-order valence-electron chi connectivity index (χ0n) is 16.9. The highest BCUT2D eigenvalue weighted by Gasteiger charge is 2.19. The first-order valence-electron chi connectivity index (χ1n) is 9.95. The van der Waals surface area contributed by atoms with Crippen molar-refractivity contribution >= 4 is 5.96 Å². The summed E-state index contributed by atoms with van der Waals surface area (Å²) < 4.78 is 5.18. The molecule has 1 fully saturated rings. The van der Waals surface area contributed by atoms with Crippen molar-refractivity contribution in [1.29, 1.82) is 0 Å². The monoisotopic (exact) mass is 360 g/mol. The van der Waals surface area contributed by atoms with Crippen LogP contribution in [0, 0.1) is 6.92 Å². The van der Waals surface area contributed by atoms with Gasteiger partial charge in [-0.15, -0.1) is 0 Å². The summed E-state index contributed by atoms with van der Waals surface area (Å²) in [6.07, 6.45) is 2.31. The Kier molecular flexibility index (Phi) is 8.92. The molecule has 0 aliphatic carbocycles. The molecule has 0 radical (unpaired) electrons. The van der Waals surface area contributed by atoms with Gasteiger partial charge in [-0.05, 0) is 32.3 Å². The number of likely N-dealkylation sites (tertiary alicyclic amines) is 1. The van der Waals surface area contributed by atoms with Gasteiger partial charge in [0.2, 0.25) is 0 Å². The van der Waals surface area contributed by atoms with Gasteiger partial charge in [0.05, 0.1) is 6.61 Å². The van der Waals surface area contributed by atoms with Gasteiger partial charge in [-0.3, -0.25) is 4.99 Å². The molecule has 1 unspecified atom stereocenters. The summed E-state index contributed by atoms with van der Waals surface area (Å²) in [5, 5.41) is 7.03. The number of hydrogen-bond donors (Lipinski definition) is 2. The predicted molar refractivity (Wildman–Crippen MR) is 110 cm³/mol. The highest BCUT2D eigenvalue weighted by Crippen LogP contribution is 2.16. The average Bonchev–Trinajstić information content (AvgIpc) is 2.65. The Labute approximate surface area is 159 Å². The highest BCUT2D eigenvalue weighted by molar-refractivity contribution is 5.80. The molecule has 0 bridgehead atoms. The highest BCUT2D eigenvalue weighted by atomic mass is 16.5. The molecule has 1 aliphatic heterocycles. The van der Waals surface area contributed by atoms with E-state index in [1.54, 1.807) is 7.11 Å². The van der Waals surface area contributed by atoms with Crippen LogP contribution in [0.3, 0.4) is 0 Å². The largest absolute Gasteiger partial charge is 0.383 e. The van der Waals surface area contributed by atoms with E-state index in [1.165, 1.54) is 11.1 Å². The number of aryl methyl sites for hydroxylation is 1. The molecule has 1 aromatic carbocycles. The molecule has 0 amide bonds. The van der Waals surface area contributed by atoms with Gasteiger partial charge in [0.25, 0.3) is 0 Å². The van der Waals surface area contributed by atoms with Crippen molar-refractivity contribution in [2.24, 2.45) is 4.99 Å². The number of methoxy groups -OCH3 is 1. The van der Waals surface area contributed by atoms with Crippen LogP contribution in [-0.2, 0) is 4.74 Å². The Hall–Kier alpha value is -1.59. The lowest BCUT2D eigenvalue weighted by Gasteiger charge is -2.33. The number of nitrogens with zero attached hydrogens (tertiary/aromatic N) is 2. The predicted octanol–water partition coefficient (Wildman–Crippen LogP) is 2.76. The topological polar surface area (TPSA) is 48.9 Å². The van der Waals surface area contributed by atoms with Crippen LogP contribution < -0.4 is 10.6 Å². The zero-order valence-corrected chi connectivity index (χ0v) is 16.9. The van der Waals surface area contributed by atoms with E-state index in [4.69, 9.17) is 9.73 Å². The van der Waals surface area contributed by atoms with Crippen molar-refractivity contribution in [2.75, 3.05) is 46.4 Å². The molecule has 2 rings (SSSR count). The Balaban J connectivity index is 1.85. The van der Waals surface area contributed by atoms with Gasteiger partial charge >= 0.3 is 0 Å². The summed E-state index contributed by atoms with van der Waals surface area (Å²) in [5.41, 5.74) is 2.67. The maximum Gasteiger partial charge on any atom is 0.191 e. The molecule has 26 heavy (non-hydrogen) atoms. The van der Waals surface area contributed by atoms with Crippen molar-refractivity contribution in [3.8, 4) is 0 Å². The maximum atomic E-state index is 5.18. The first-order valence-corrected chi connectivity index (χ1v) is 9.95. The quantitative estimate of drug-likeness (QED) is 0.553. The summed E-state index contributed by atoms with van der Waals surface area (Å²) in [4.78, 5) is 7.32. The number of guanidine groups is 1. The SMILES string of the molecule is CCNC(=NCC(C)c1cccc(C)c1)NC1CCN(CCOC)CC1. The van der Waals surface area contributed by atoms with Crippen molar-refractivity contribution in [2.45, 2.75) is 45.6 Å². The second-order valence-corrected chi connectivity index (χ2v) is 7.29. The van der Waals surface area contributed by atoms with Crippen molar-refractivity contribution in [1.82, 2.24) is 15.5 Å². The summed E-state index contributed by atoms with van der Waals surface area (Å²) >= 11 is 0. The molecule has 5 nitrogen and oxygen atoms in total.